The third-order valence-corrected chi connectivity index (χ3v) is 3.99. The Hall–Kier alpha value is -1.39. The summed E-state index contributed by atoms with van der Waals surface area (Å²) in [4.78, 5) is 14.2. The first-order valence-electron chi connectivity index (χ1n) is 7.43. The number of hydrogen-bond acceptors (Lipinski definition) is 3. The summed E-state index contributed by atoms with van der Waals surface area (Å²) in [6.07, 6.45) is 2.32. The third kappa shape index (κ3) is 4.62. The fourth-order valence-electron chi connectivity index (χ4n) is 2.72. The molecular weight excluding hydrogens is 250 g/mol. The van der Waals surface area contributed by atoms with E-state index in [1.54, 1.807) is 0 Å². The van der Waals surface area contributed by atoms with E-state index in [9.17, 15) is 4.79 Å². The molecule has 1 amide bonds. The van der Waals surface area contributed by atoms with Crippen LogP contribution in [0.25, 0.3) is 0 Å². The van der Waals surface area contributed by atoms with Gasteiger partial charge in [-0.25, -0.2) is 0 Å². The van der Waals surface area contributed by atoms with Crippen molar-refractivity contribution in [3.63, 3.8) is 0 Å². The molecule has 1 aromatic carbocycles. The van der Waals surface area contributed by atoms with Gasteiger partial charge < -0.3 is 11.1 Å². The normalized spacial score (nSPS) is 21.4. The molecule has 0 bridgehead atoms. The maximum Gasteiger partial charge on any atom is 0.234 e. The van der Waals surface area contributed by atoms with Gasteiger partial charge in [0.1, 0.15) is 0 Å². The molecule has 1 aliphatic heterocycles. The molecule has 4 heteroatoms. The molecule has 1 aliphatic rings. The molecule has 2 atom stereocenters. The van der Waals surface area contributed by atoms with Crippen LogP contribution in [0.1, 0.15) is 25.3 Å². The van der Waals surface area contributed by atoms with Gasteiger partial charge in [-0.15, -0.1) is 0 Å². The van der Waals surface area contributed by atoms with Crippen molar-refractivity contribution in [3.05, 3.63) is 35.9 Å². The summed E-state index contributed by atoms with van der Waals surface area (Å²) in [6, 6.07) is 10.2. The molecule has 0 aromatic heterocycles. The molecule has 3 N–H and O–H groups in total. The van der Waals surface area contributed by atoms with Crippen molar-refractivity contribution in [2.24, 2.45) is 11.7 Å². The summed E-state index contributed by atoms with van der Waals surface area (Å²) < 4.78 is 0. The van der Waals surface area contributed by atoms with E-state index in [2.05, 4.69) is 17.1 Å². The Morgan fingerprint density at radius 1 is 1.45 bits per heavy atom. The van der Waals surface area contributed by atoms with Crippen LogP contribution < -0.4 is 11.1 Å². The molecule has 1 fully saturated rings. The number of likely N-dealkylation sites (tertiary alicyclic amines) is 1. The van der Waals surface area contributed by atoms with E-state index in [-0.39, 0.29) is 11.9 Å². The van der Waals surface area contributed by atoms with Gasteiger partial charge in [0.15, 0.2) is 0 Å². The van der Waals surface area contributed by atoms with E-state index >= 15 is 0 Å². The molecule has 0 spiro atoms. The van der Waals surface area contributed by atoms with E-state index in [0.29, 0.717) is 19.0 Å². The van der Waals surface area contributed by atoms with Crippen LogP contribution in [0.3, 0.4) is 0 Å². The maximum absolute atomic E-state index is 12.0. The molecule has 20 heavy (non-hydrogen) atoms. The summed E-state index contributed by atoms with van der Waals surface area (Å²) in [5, 5.41) is 2.98. The van der Waals surface area contributed by atoms with Crippen LogP contribution in [0.15, 0.2) is 30.3 Å². The fraction of sp³-hybridized carbons (Fsp3) is 0.562. The summed E-state index contributed by atoms with van der Waals surface area (Å²) >= 11 is 0. The molecular formula is C16H25N3O. The van der Waals surface area contributed by atoms with Gasteiger partial charge in [-0.1, -0.05) is 30.3 Å². The molecule has 1 heterocycles. The minimum absolute atomic E-state index is 0.0965. The lowest BCUT2D eigenvalue weighted by molar-refractivity contribution is -0.122. The van der Waals surface area contributed by atoms with Gasteiger partial charge >= 0.3 is 0 Å². The zero-order valence-corrected chi connectivity index (χ0v) is 12.2. The Morgan fingerprint density at radius 3 is 2.90 bits per heavy atom. The van der Waals surface area contributed by atoms with Crippen LogP contribution in [0, 0.1) is 5.92 Å². The number of hydrogen-bond donors (Lipinski definition) is 2. The number of carbonyl (C=O) groups excluding carboxylic acids is 1. The van der Waals surface area contributed by atoms with Crippen LogP contribution in [0.5, 0.6) is 0 Å². The first-order valence-corrected chi connectivity index (χ1v) is 7.43. The SMILES string of the molecule is CC(N)C1CCCN(CC(=O)NCc2ccccc2)C1. The Morgan fingerprint density at radius 2 is 2.20 bits per heavy atom. The number of nitrogens with one attached hydrogen (secondary N) is 1. The average Bonchev–Trinajstić information content (AvgIpc) is 2.46. The average molecular weight is 275 g/mol. The number of nitrogens with two attached hydrogens (primary N) is 1. The zero-order chi connectivity index (χ0) is 14.4. The molecule has 0 aliphatic carbocycles. The first-order chi connectivity index (χ1) is 9.65. The number of benzene rings is 1. The van der Waals surface area contributed by atoms with Gasteiger partial charge in [0.05, 0.1) is 6.54 Å². The molecule has 4 nitrogen and oxygen atoms in total. The quantitative estimate of drug-likeness (QED) is 0.853. The van der Waals surface area contributed by atoms with E-state index in [0.717, 1.165) is 25.1 Å². The van der Waals surface area contributed by atoms with Crippen molar-refractivity contribution in [2.45, 2.75) is 32.4 Å². The van der Waals surface area contributed by atoms with Gasteiger partial charge in [0.25, 0.3) is 0 Å². The van der Waals surface area contributed by atoms with Gasteiger partial charge in [0.2, 0.25) is 5.91 Å². The largest absolute Gasteiger partial charge is 0.351 e. The summed E-state index contributed by atoms with van der Waals surface area (Å²) in [5.41, 5.74) is 7.10. The van der Waals surface area contributed by atoms with Crippen molar-refractivity contribution in [2.75, 3.05) is 19.6 Å². The maximum atomic E-state index is 12.0. The molecule has 2 rings (SSSR count). The number of piperidine rings is 1. The second-order valence-electron chi connectivity index (χ2n) is 5.76. The highest BCUT2D eigenvalue weighted by Gasteiger charge is 2.23. The van der Waals surface area contributed by atoms with Gasteiger partial charge in [-0.05, 0) is 37.8 Å². The molecule has 110 valence electrons. The second kappa shape index (κ2) is 7.41. The monoisotopic (exact) mass is 275 g/mol. The van der Waals surface area contributed by atoms with Crippen LogP contribution in [0.2, 0.25) is 0 Å². The summed E-state index contributed by atoms with van der Waals surface area (Å²) in [6.45, 7) is 5.09. The minimum Gasteiger partial charge on any atom is -0.351 e. The number of carbonyl (C=O) groups is 1. The van der Waals surface area contributed by atoms with Crippen molar-refractivity contribution in [1.82, 2.24) is 10.2 Å². The number of nitrogens with zero attached hydrogens (tertiary/aromatic N) is 1. The molecule has 0 saturated carbocycles. The van der Waals surface area contributed by atoms with Crippen molar-refractivity contribution in [3.8, 4) is 0 Å². The Labute approximate surface area is 121 Å². The highest BCUT2D eigenvalue weighted by atomic mass is 16.2. The molecule has 2 unspecified atom stereocenters. The lowest BCUT2D eigenvalue weighted by Gasteiger charge is -2.34. The lowest BCUT2D eigenvalue weighted by atomic mass is 9.92. The smallest absolute Gasteiger partial charge is 0.234 e. The van der Waals surface area contributed by atoms with Gasteiger partial charge in [0, 0.05) is 19.1 Å². The summed E-state index contributed by atoms with van der Waals surface area (Å²) in [7, 11) is 0. The van der Waals surface area contributed by atoms with E-state index in [1.807, 2.05) is 30.3 Å². The Kier molecular flexibility index (Phi) is 5.56. The van der Waals surface area contributed by atoms with E-state index in [4.69, 9.17) is 5.73 Å². The first kappa shape index (κ1) is 15.0. The van der Waals surface area contributed by atoms with Crippen molar-refractivity contribution < 1.29 is 4.79 Å². The Bertz CT molecular complexity index is 419. The van der Waals surface area contributed by atoms with Crippen LogP contribution in [-0.2, 0) is 11.3 Å². The highest BCUT2D eigenvalue weighted by Crippen LogP contribution is 2.18. The van der Waals surface area contributed by atoms with E-state index < -0.39 is 0 Å². The number of rotatable bonds is 5. The zero-order valence-electron chi connectivity index (χ0n) is 12.2. The third-order valence-electron chi connectivity index (χ3n) is 3.99. The summed E-state index contributed by atoms with van der Waals surface area (Å²) in [5.74, 6) is 0.616. The minimum atomic E-state index is 0.0965. The standard InChI is InChI=1S/C16H25N3O/c1-13(17)15-8-5-9-19(11-15)12-16(20)18-10-14-6-3-2-4-7-14/h2-4,6-7,13,15H,5,8-12,17H2,1H3,(H,18,20). The number of amides is 1. The van der Waals surface area contributed by atoms with E-state index in [1.165, 1.54) is 6.42 Å². The fourth-order valence-corrected chi connectivity index (χ4v) is 2.72. The Balaban J connectivity index is 1.74. The van der Waals surface area contributed by atoms with Gasteiger partial charge in [-0.3, -0.25) is 9.69 Å². The van der Waals surface area contributed by atoms with Crippen molar-refractivity contribution >= 4 is 5.91 Å². The topological polar surface area (TPSA) is 58.4 Å². The van der Waals surface area contributed by atoms with Gasteiger partial charge in [-0.2, -0.15) is 0 Å². The second-order valence-corrected chi connectivity index (χ2v) is 5.76. The molecule has 1 saturated heterocycles. The predicted molar refractivity (Wildman–Crippen MR) is 81.1 cm³/mol. The molecule has 0 radical (unpaired) electrons. The van der Waals surface area contributed by atoms with Crippen molar-refractivity contribution in [1.29, 1.82) is 0 Å². The van der Waals surface area contributed by atoms with Crippen LogP contribution >= 0.6 is 0 Å². The molecule has 1 aromatic rings. The lowest BCUT2D eigenvalue weighted by Crippen LogP contribution is -2.46. The highest BCUT2D eigenvalue weighted by molar-refractivity contribution is 5.78. The van der Waals surface area contributed by atoms with Crippen LogP contribution in [0.4, 0.5) is 0 Å². The van der Waals surface area contributed by atoms with Crippen LogP contribution in [-0.4, -0.2) is 36.5 Å². The predicted octanol–water partition coefficient (Wildman–Crippen LogP) is 1.36.